The van der Waals surface area contributed by atoms with Crippen molar-refractivity contribution in [1.82, 2.24) is 0 Å². The molecule has 0 saturated heterocycles. The molecule has 0 heterocycles. The highest BCUT2D eigenvalue weighted by molar-refractivity contribution is 9.09. The van der Waals surface area contributed by atoms with E-state index in [2.05, 4.69) is 15.9 Å². The molecule has 0 aliphatic carbocycles. The average Bonchev–Trinajstić information content (AvgIpc) is 2.18. The van der Waals surface area contributed by atoms with Gasteiger partial charge in [0.25, 0.3) is 0 Å². The van der Waals surface area contributed by atoms with Crippen LogP contribution < -0.4 is 5.73 Å². The zero-order valence-corrected chi connectivity index (χ0v) is 9.39. The van der Waals surface area contributed by atoms with Gasteiger partial charge in [-0.25, -0.2) is 0 Å². The van der Waals surface area contributed by atoms with Gasteiger partial charge in [0.1, 0.15) is 6.07 Å². The van der Waals surface area contributed by atoms with Crippen LogP contribution in [0.25, 0.3) is 0 Å². The summed E-state index contributed by atoms with van der Waals surface area (Å²) in [6, 6.07) is 4.88. The summed E-state index contributed by atoms with van der Waals surface area (Å²) >= 11 is 8.86. The maximum absolute atomic E-state index is 11.4. The molecule has 2 N–H and O–H groups in total. The molecule has 0 fully saturated rings. The molecule has 0 atom stereocenters. The van der Waals surface area contributed by atoms with Crippen LogP contribution in [0, 0.1) is 11.3 Å². The highest BCUT2D eigenvalue weighted by Crippen LogP contribution is 2.26. The van der Waals surface area contributed by atoms with Crippen molar-refractivity contribution in [2.24, 2.45) is 0 Å². The Morgan fingerprint density at radius 2 is 2.29 bits per heavy atom. The van der Waals surface area contributed by atoms with E-state index in [9.17, 15) is 4.79 Å². The van der Waals surface area contributed by atoms with Gasteiger partial charge in [-0.15, -0.1) is 0 Å². The minimum atomic E-state index is -0.232. The highest BCUT2D eigenvalue weighted by atomic mass is 79.9. The number of carbonyl (C=O) groups is 1. The van der Waals surface area contributed by atoms with Crippen molar-refractivity contribution in [2.75, 3.05) is 11.1 Å². The second-order valence-corrected chi connectivity index (χ2v) is 3.50. The molecular formula is C9H6BrClN2O. The smallest absolute Gasteiger partial charge is 0.176 e. The van der Waals surface area contributed by atoms with Gasteiger partial charge < -0.3 is 5.73 Å². The number of hydrogen-bond acceptors (Lipinski definition) is 3. The monoisotopic (exact) mass is 272 g/mol. The molecular weight excluding hydrogens is 267 g/mol. The Morgan fingerprint density at radius 1 is 1.64 bits per heavy atom. The molecule has 0 radical (unpaired) electrons. The molecule has 1 aromatic rings. The predicted octanol–water partition coefficient (Wildman–Crippen LogP) is 2.37. The molecule has 0 aromatic heterocycles. The number of nitrogens with zero attached hydrogens (tertiary/aromatic N) is 1. The van der Waals surface area contributed by atoms with Gasteiger partial charge in [-0.3, -0.25) is 4.79 Å². The number of halogens is 2. The lowest BCUT2D eigenvalue weighted by atomic mass is 10.1. The number of benzene rings is 1. The normalized spacial score (nSPS) is 9.50. The van der Waals surface area contributed by atoms with Crippen LogP contribution in [0.2, 0.25) is 5.02 Å². The zero-order chi connectivity index (χ0) is 10.7. The minimum Gasteiger partial charge on any atom is -0.398 e. The van der Waals surface area contributed by atoms with Gasteiger partial charge in [-0.1, -0.05) is 27.5 Å². The summed E-state index contributed by atoms with van der Waals surface area (Å²) in [5.41, 5.74) is 6.34. The van der Waals surface area contributed by atoms with Gasteiger partial charge in [0.2, 0.25) is 0 Å². The first-order chi connectivity index (χ1) is 6.61. The van der Waals surface area contributed by atoms with Crippen LogP contribution >= 0.6 is 27.5 Å². The molecule has 0 bridgehead atoms. The maximum Gasteiger partial charge on any atom is 0.176 e. The van der Waals surface area contributed by atoms with Crippen molar-refractivity contribution in [3.05, 3.63) is 28.3 Å². The Kier molecular flexibility index (Phi) is 3.50. The second-order valence-electron chi connectivity index (χ2n) is 2.56. The second kappa shape index (κ2) is 4.45. The van der Waals surface area contributed by atoms with E-state index in [0.717, 1.165) is 0 Å². The summed E-state index contributed by atoms with van der Waals surface area (Å²) in [7, 11) is 0. The lowest BCUT2D eigenvalue weighted by Crippen LogP contribution is -2.06. The molecule has 3 nitrogen and oxygen atoms in total. The van der Waals surface area contributed by atoms with E-state index in [4.69, 9.17) is 22.6 Å². The third-order valence-corrected chi connectivity index (χ3v) is 2.60. The number of Topliss-reactive ketones (excluding diaryl/α,β-unsaturated/α-hetero) is 1. The first-order valence-corrected chi connectivity index (χ1v) is 5.19. The summed E-state index contributed by atoms with van der Waals surface area (Å²) in [4.78, 5) is 11.4. The Balaban J connectivity index is 3.42. The lowest BCUT2D eigenvalue weighted by molar-refractivity contribution is 0.102. The fraction of sp³-hybridized carbons (Fsp3) is 0.111. The van der Waals surface area contributed by atoms with Gasteiger partial charge in [-0.05, 0) is 12.1 Å². The van der Waals surface area contributed by atoms with E-state index in [1.807, 2.05) is 6.07 Å². The maximum atomic E-state index is 11.4. The topological polar surface area (TPSA) is 66.9 Å². The Morgan fingerprint density at radius 3 is 2.79 bits per heavy atom. The van der Waals surface area contributed by atoms with E-state index < -0.39 is 0 Å². The highest BCUT2D eigenvalue weighted by Gasteiger charge is 2.15. The van der Waals surface area contributed by atoms with Gasteiger partial charge in [0, 0.05) is 5.69 Å². The number of rotatable bonds is 2. The predicted molar refractivity (Wildman–Crippen MR) is 58.7 cm³/mol. The fourth-order valence-electron chi connectivity index (χ4n) is 1.03. The van der Waals surface area contributed by atoms with E-state index in [0.29, 0.717) is 5.69 Å². The van der Waals surface area contributed by atoms with Crippen LogP contribution in [0.4, 0.5) is 5.69 Å². The Labute approximate surface area is 94.6 Å². The Hall–Kier alpha value is -1.05. The molecule has 0 saturated carbocycles. The van der Waals surface area contributed by atoms with Crippen LogP contribution in [-0.2, 0) is 0 Å². The number of carbonyl (C=O) groups excluding carboxylic acids is 1. The molecule has 72 valence electrons. The van der Waals surface area contributed by atoms with Crippen LogP contribution in [0.3, 0.4) is 0 Å². The molecule has 1 rings (SSSR count). The summed E-state index contributed by atoms with van der Waals surface area (Å²) in [6.07, 6.45) is 0. The molecule has 0 aliphatic rings. The molecule has 0 amide bonds. The molecule has 14 heavy (non-hydrogen) atoms. The SMILES string of the molecule is N#Cc1ccc(N)c(C(=O)CBr)c1Cl. The number of nitrogens with two attached hydrogens (primary N) is 1. The number of anilines is 1. The molecule has 0 unspecified atom stereocenters. The van der Waals surface area contributed by atoms with Crippen molar-refractivity contribution >= 4 is 39.0 Å². The third kappa shape index (κ3) is 1.89. The fourth-order valence-corrected chi connectivity index (χ4v) is 1.63. The van der Waals surface area contributed by atoms with E-state index in [-0.39, 0.29) is 27.3 Å². The largest absolute Gasteiger partial charge is 0.398 e. The van der Waals surface area contributed by atoms with E-state index in [1.54, 1.807) is 0 Å². The molecule has 0 aliphatic heterocycles. The van der Waals surface area contributed by atoms with Crippen LogP contribution in [0.5, 0.6) is 0 Å². The third-order valence-electron chi connectivity index (χ3n) is 1.69. The van der Waals surface area contributed by atoms with Gasteiger partial charge in [0.05, 0.1) is 21.5 Å². The van der Waals surface area contributed by atoms with Crippen molar-refractivity contribution in [3.8, 4) is 6.07 Å². The number of alkyl halides is 1. The first-order valence-electron chi connectivity index (χ1n) is 3.69. The van der Waals surface area contributed by atoms with Gasteiger partial charge in [0.15, 0.2) is 5.78 Å². The lowest BCUT2D eigenvalue weighted by Gasteiger charge is -2.06. The van der Waals surface area contributed by atoms with Crippen molar-refractivity contribution in [1.29, 1.82) is 5.26 Å². The molecule has 0 spiro atoms. The average molecular weight is 274 g/mol. The number of nitriles is 1. The molecule has 1 aromatic carbocycles. The van der Waals surface area contributed by atoms with Crippen molar-refractivity contribution in [2.45, 2.75) is 0 Å². The van der Waals surface area contributed by atoms with Crippen molar-refractivity contribution in [3.63, 3.8) is 0 Å². The number of nitrogen functional groups attached to an aromatic ring is 1. The van der Waals surface area contributed by atoms with E-state index in [1.165, 1.54) is 12.1 Å². The minimum absolute atomic E-state index is 0.122. The summed E-state index contributed by atoms with van der Waals surface area (Å²) in [5.74, 6) is -0.232. The van der Waals surface area contributed by atoms with Gasteiger partial charge in [-0.2, -0.15) is 5.26 Å². The van der Waals surface area contributed by atoms with Crippen LogP contribution in [-0.4, -0.2) is 11.1 Å². The summed E-state index contributed by atoms with van der Waals surface area (Å²) < 4.78 is 0. The molecule has 5 heteroatoms. The van der Waals surface area contributed by atoms with Crippen LogP contribution in [0.15, 0.2) is 12.1 Å². The standard InChI is InChI=1S/C9H6BrClN2O/c10-3-7(14)8-6(13)2-1-5(4-12)9(8)11/h1-2H,3,13H2. The first kappa shape index (κ1) is 11.0. The van der Waals surface area contributed by atoms with Gasteiger partial charge >= 0.3 is 0 Å². The number of hydrogen-bond donors (Lipinski definition) is 1. The number of ketones is 1. The summed E-state index contributed by atoms with van der Waals surface area (Å²) in [6.45, 7) is 0. The summed E-state index contributed by atoms with van der Waals surface area (Å²) in [5, 5.41) is 8.94. The quantitative estimate of drug-likeness (QED) is 0.511. The zero-order valence-electron chi connectivity index (χ0n) is 7.05. The Bertz CT molecular complexity index is 426. The van der Waals surface area contributed by atoms with E-state index >= 15 is 0 Å². The van der Waals surface area contributed by atoms with Crippen LogP contribution in [0.1, 0.15) is 15.9 Å². The van der Waals surface area contributed by atoms with Crippen molar-refractivity contribution < 1.29 is 4.79 Å².